The lowest BCUT2D eigenvalue weighted by Crippen LogP contribution is -2.13. The van der Waals surface area contributed by atoms with Crippen LogP contribution in [-0.2, 0) is 0 Å². The van der Waals surface area contributed by atoms with Gasteiger partial charge in [0.2, 0.25) is 0 Å². The van der Waals surface area contributed by atoms with E-state index in [-0.39, 0.29) is 5.91 Å². The Morgan fingerprint density at radius 3 is 2.77 bits per heavy atom. The Kier molecular flexibility index (Phi) is 3.77. The van der Waals surface area contributed by atoms with Crippen LogP contribution < -0.4 is 10.1 Å². The van der Waals surface area contributed by atoms with E-state index in [9.17, 15) is 4.79 Å². The Labute approximate surface area is 133 Å². The molecule has 5 heteroatoms. The zero-order chi connectivity index (χ0) is 15.7. The van der Waals surface area contributed by atoms with Crippen molar-refractivity contribution in [2.45, 2.75) is 6.92 Å². The largest absolute Gasteiger partial charge is 0.497 e. The van der Waals surface area contributed by atoms with E-state index in [2.05, 4.69) is 10.3 Å². The second kappa shape index (κ2) is 5.73. The van der Waals surface area contributed by atoms with Crippen molar-refractivity contribution in [2.24, 2.45) is 0 Å². The van der Waals surface area contributed by atoms with Crippen molar-refractivity contribution in [1.82, 2.24) is 4.98 Å². The molecule has 0 atom stereocenters. The summed E-state index contributed by atoms with van der Waals surface area (Å²) in [5, 5.41) is 4.38. The number of amides is 1. The third-order valence-corrected chi connectivity index (χ3v) is 3.76. The highest BCUT2D eigenvalue weighted by molar-refractivity contribution is 6.31. The molecule has 0 unspecified atom stereocenters. The molecule has 0 aliphatic rings. The topological polar surface area (TPSA) is 54.1 Å². The molecule has 0 aliphatic carbocycles. The first-order chi connectivity index (χ1) is 10.6. The number of hydrogen-bond acceptors (Lipinski definition) is 2. The van der Waals surface area contributed by atoms with Crippen LogP contribution >= 0.6 is 11.6 Å². The van der Waals surface area contributed by atoms with Crippen LogP contribution in [0.2, 0.25) is 5.02 Å². The van der Waals surface area contributed by atoms with Crippen LogP contribution in [0.4, 0.5) is 5.69 Å². The highest BCUT2D eigenvalue weighted by Gasteiger charge is 2.11. The van der Waals surface area contributed by atoms with Crippen molar-refractivity contribution in [3.05, 3.63) is 58.7 Å². The molecule has 1 amide bonds. The molecule has 0 spiro atoms. The molecule has 112 valence electrons. The summed E-state index contributed by atoms with van der Waals surface area (Å²) < 4.78 is 5.19. The number of benzene rings is 2. The van der Waals surface area contributed by atoms with Crippen LogP contribution in [-0.4, -0.2) is 18.0 Å². The summed E-state index contributed by atoms with van der Waals surface area (Å²) in [6.07, 6.45) is 0. The first kappa shape index (κ1) is 14.5. The first-order valence-electron chi connectivity index (χ1n) is 6.81. The highest BCUT2D eigenvalue weighted by Crippen LogP contribution is 2.23. The fourth-order valence-corrected chi connectivity index (χ4v) is 2.45. The Morgan fingerprint density at radius 1 is 1.18 bits per heavy atom. The summed E-state index contributed by atoms with van der Waals surface area (Å²) in [4.78, 5) is 15.5. The zero-order valence-electron chi connectivity index (χ0n) is 12.2. The van der Waals surface area contributed by atoms with Crippen LogP contribution in [0, 0.1) is 6.92 Å². The zero-order valence-corrected chi connectivity index (χ0v) is 13.0. The smallest absolute Gasteiger partial charge is 0.272 e. The van der Waals surface area contributed by atoms with Crippen molar-refractivity contribution in [2.75, 3.05) is 12.4 Å². The number of fused-ring (bicyclic) bond motifs is 1. The van der Waals surface area contributed by atoms with E-state index in [1.54, 1.807) is 25.3 Å². The molecule has 2 N–H and O–H groups in total. The quantitative estimate of drug-likeness (QED) is 0.753. The van der Waals surface area contributed by atoms with Crippen LogP contribution in [0.25, 0.3) is 10.9 Å². The molecule has 0 saturated carbocycles. The fraction of sp³-hybridized carbons (Fsp3) is 0.118. The summed E-state index contributed by atoms with van der Waals surface area (Å²) in [5.74, 6) is 0.546. The van der Waals surface area contributed by atoms with Crippen molar-refractivity contribution in [3.8, 4) is 5.75 Å². The number of aromatic nitrogens is 1. The standard InChI is InChI=1S/C17H15ClN2O2/c1-10-3-4-12(18)9-15(10)20-17(21)16-8-11-7-13(22-2)5-6-14(11)19-16/h3-9,19H,1-2H3,(H,20,21). The number of carbonyl (C=O) groups is 1. The number of hydrogen-bond donors (Lipinski definition) is 2. The average molecular weight is 315 g/mol. The van der Waals surface area contributed by atoms with Gasteiger partial charge >= 0.3 is 0 Å². The minimum atomic E-state index is -0.208. The number of H-pyrrole nitrogens is 1. The number of nitrogens with one attached hydrogen (secondary N) is 2. The summed E-state index contributed by atoms with van der Waals surface area (Å²) in [7, 11) is 1.61. The second-order valence-electron chi connectivity index (χ2n) is 5.05. The van der Waals surface area contributed by atoms with Gasteiger partial charge in [0.25, 0.3) is 5.91 Å². The molecule has 0 radical (unpaired) electrons. The van der Waals surface area contributed by atoms with Gasteiger partial charge in [0.15, 0.2) is 0 Å². The number of ether oxygens (including phenoxy) is 1. The Morgan fingerprint density at radius 2 is 2.00 bits per heavy atom. The maximum absolute atomic E-state index is 12.4. The maximum Gasteiger partial charge on any atom is 0.272 e. The van der Waals surface area contributed by atoms with E-state index >= 15 is 0 Å². The summed E-state index contributed by atoms with van der Waals surface area (Å²) in [6.45, 7) is 1.92. The van der Waals surface area contributed by atoms with Crippen LogP contribution in [0.15, 0.2) is 42.5 Å². The van der Waals surface area contributed by atoms with Gasteiger partial charge < -0.3 is 15.0 Å². The molecule has 0 bridgehead atoms. The van der Waals surface area contributed by atoms with E-state index in [1.165, 1.54) is 0 Å². The second-order valence-corrected chi connectivity index (χ2v) is 5.49. The molecular formula is C17H15ClN2O2. The van der Waals surface area contributed by atoms with Gasteiger partial charge in [0.1, 0.15) is 11.4 Å². The number of carbonyl (C=O) groups excluding carboxylic acids is 1. The van der Waals surface area contributed by atoms with E-state index in [0.29, 0.717) is 16.4 Å². The van der Waals surface area contributed by atoms with Crippen molar-refractivity contribution in [1.29, 1.82) is 0 Å². The molecule has 3 aromatic rings. The summed E-state index contributed by atoms with van der Waals surface area (Å²) >= 11 is 5.97. The fourth-order valence-electron chi connectivity index (χ4n) is 2.28. The van der Waals surface area contributed by atoms with E-state index in [1.807, 2.05) is 31.2 Å². The molecular weight excluding hydrogens is 300 g/mol. The van der Waals surface area contributed by atoms with Gasteiger partial charge in [-0.05, 0) is 48.9 Å². The van der Waals surface area contributed by atoms with Gasteiger partial charge in [-0.15, -0.1) is 0 Å². The van der Waals surface area contributed by atoms with E-state index in [4.69, 9.17) is 16.3 Å². The molecule has 1 heterocycles. The maximum atomic E-state index is 12.4. The molecule has 0 saturated heterocycles. The third-order valence-electron chi connectivity index (χ3n) is 3.52. The lowest BCUT2D eigenvalue weighted by molar-refractivity contribution is 0.102. The van der Waals surface area contributed by atoms with Crippen LogP contribution in [0.1, 0.15) is 16.1 Å². The number of aryl methyl sites for hydroxylation is 1. The molecule has 0 fully saturated rings. The minimum absolute atomic E-state index is 0.208. The number of aromatic amines is 1. The molecule has 22 heavy (non-hydrogen) atoms. The molecule has 1 aromatic heterocycles. The van der Waals surface area contributed by atoms with E-state index in [0.717, 1.165) is 22.2 Å². The predicted octanol–water partition coefficient (Wildman–Crippen LogP) is 4.39. The number of rotatable bonds is 3. The Balaban J connectivity index is 1.90. The highest BCUT2D eigenvalue weighted by atomic mass is 35.5. The van der Waals surface area contributed by atoms with Gasteiger partial charge in [-0.1, -0.05) is 17.7 Å². The van der Waals surface area contributed by atoms with E-state index < -0.39 is 0 Å². The number of methoxy groups -OCH3 is 1. The molecule has 2 aromatic carbocycles. The summed E-state index contributed by atoms with van der Waals surface area (Å²) in [6, 6.07) is 12.8. The van der Waals surface area contributed by atoms with Gasteiger partial charge in [-0.3, -0.25) is 4.79 Å². The van der Waals surface area contributed by atoms with Gasteiger partial charge in [0, 0.05) is 21.6 Å². The van der Waals surface area contributed by atoms with Crippen molar-refractivity contribution < 1.29 is 9.53 Å². The monoisotopic (exact) mass is 314 g/mol. The Bertz CT molecular complexity index is 855. The van der Waals surface area contributed by atoms with Gasteiger partial charge in [-0.25, -0.2) is 0 Å². The van der Waals surface area contributed by atoms with Crippen LogP contribution in [0.3, 0.4) is 0 Å². The predicted molar refractivity (Wildman–Crippen MR) is 89.0 cm³/mol. The molecule has 4 nitrogen and oxygen atoms in total. The van der Waals surface area contributed by atoms with Crippen molar-refractivity contribution >= 4 is 34.1 Å². The normalized spacial score (nSPS) is 10.7. The van der Waals surface area contributed by atoms with Crippen LogP contribution in [0.5, 0.6) is 5.75 Å². The molecule has 0 aliphatic heterocycles. The number of anilines is 1. The first-order valence-corrected chi connectivity index (χ1v) is 7.19. The third kappa shape index (κ3) is 2.78. The van der Waals surface area contributed by atoms with Gasteiger partial charge in [0.05, 0.1) is 7.11 Å². The number of halogens is 1. The molecule has 3 rings (SSSR count). The SMILES string of the molecule is COc1ccc2[nH]c(C(=O)Nc3cc(Cl)ccc3C)cc2c1. The minimum Gasteiger partial charge on any atom is -0.497 e. The average Bonchev–Trinajstić information content (AvgIpc) is 2.94. The lowest BCUT2D eigenvalue weighted by Gasteiger charge is -2.07. The lowest BCUT2D eigenvalue weighted by atomic mass is 10.2. The summed E-state index contributed by atoms with van der Waals surface area (Å²) in [5.41, 5.74) is 3.03. The Hall–Kier alpha value is -2.46. The van der Waals surface area contributed by atoms with Crippen molar-refractivity contribution in [3.63, 3.8) is 0 Å². The van der Waals surface area contributed by atoms with Gasteiger partial charge in [-0.2, -0.15) is 0 Å².